The first kappa shape index (κ1) is 15.8. The highest BCUT2D eigenvalue weighted by atomic mass is 16.6. The van der Waals surface area contributed by atoms with Crippen molar-refractivity contribution in [2.75, 3.05) is 32.7 Å². The molecule has 2 aliphatic heterocycles. The number of piperidine rings is 2. The molecule has 0 aromatic heterocycles. The number of hydrogen-bond acceptors (Lipinski definition) is 4. The lowest BCUT2D eigenvalue weighted by atomic mass is 10.00. The molecule has 2 rings (SSSR count). The van der Waals surface area contributed by atoms with Crippen molar-refractivity contribution in [1.82, 2.24) is 9.80 Å². The first-order valence-corrected chi connectivity index (χ1v) is 8.12. The van der Waals surface area contributed by atoms with Gasteiger partial charge in [-0.25, -0.2) is 0 Å². The first-order valence-electron chi connectivity index (χ1n) is 8.12. The predicted octanol–water partition coefficient (Wildman–Crippen LogP) is 2.28. The van der Waals surface area contributed by atoms with Crippen LogP contribution in [0.4, 0.5) is 0 Å². The molecular formula is C16H30N2O2. The van der Waals surface area contributed by atoms with E-state index in [0.717, 1.165) is 19.1 Å². The van der Waals surface area contributed by atoms with Gasteiger partial charge in [0.25, 0.3) is 0 Å². The summed E-state index contributed by atoms with van der Waals surface area (Å²) in [6.07, 6.45) is 6.51. The SMILES string of the molecule is CC(C)(C)OC(=O)CN1CCC(N2CCCCC2)CC1. The van der Waals surface area contributed by atoms with E-state index in [2.05, 4.69) is 9.80 Å². The minimum absolute atomic E-state index is 0.0890. The number of hydrogen-bond donors (Lipinski definition) is 0. The van der Waals surface area contributed by atoms with Gasteiger partial charge >= 0.3 is 5.97 Å². The number of likely N-dealkylation sites (tertiary alicyclic amines) is 2. The maximum atomic E-state index is 11.8. The van der Waals surface area contributed by atoms with E-state index in [4.69, 9.17) is 4.74 Å². The summed E-state index contributed by atoms with van der Waals surface area (Å²) in [7, 11) is 0. The number of rotatable bonds is 3. The van der Waals surface area contributed by atoms with Crippen LogP contribution in [0, 0.1) is 0 Å². The molecule has 4 nitrogen and oxygen atoms in total. The Labute approximate surface area is 123 Å². The Bertz CT molecular complexity index is 311. The fourth-order valence-corrected chi connectivity index (χ4v) is 3.28. The molecule has 0 aromatic rings. The lowest BCUT2D eigenvalue weighted by Crippen LogP contribution is -2.48. The average molecular weight is 282 g/mol. The normalized spacial score (nSPS) is 23.8. The van der Waals surface area contributed by atoms with E-state index >= 15 is 0 Å². The van der Waals surface area contributed by atoms with Crippen LogP contribution >= 0.6 is 0 Å². The molecule has 0 unspecified atom stereocenters. The third-order valence-electron chi connectivity index (χ3n) is 4.24. The van der Waals surface area contributed by atoms with Crippen molar-refractivity contribution in [1.29, 1.82) is 0 Å². The quantitative estimate of drug-likeness (QED) is 0.744. The Morgan fingerprint density at radius 3 is 2.20 bits per heavy atom. The molecule has 0 aliphatic carbocycles. The summed E-state index contributed by atoms with van der Waals surface area (Å²) in [4.78, 5) is 16.7. The number of carbonyl (C=O) groups excluding carboxylic acids is 1. The van der Waals surface area contributed by atoms with Crippen LogP contribution < -0.4 is 0 Å². The maximum absolute atomic E-state index is 11.8. The van der Waals surface area contributed by atoms with Gasteiger partial charge in [-0.15, -0.1) is 0 Å². The highest BCUT2D eigenvalue weighted by Gasteiger charge is 2.27. The van der Waals surface area contributed by atoms with Crippen molar-refractivity contribution in [3.63, 3.8) is 0 Å². The second-order valence-corrected chi connectivity index (χ2v) is 7.19. The molecular weight excluding hydrogens is 252 g/mol. The molecule has 0 atom stereocenters. The van der Waals surface area contributed by atoms with E-state index < -0.39 is 0 Å². The van der Waals surface area contributed by atoms with Gasteiger partial charge in [-0.1, -0.05) is 6.42 Å². The lowest BCUT2D eigenvalue weighted by Gasteiger charge is -2.40. The van der Waals surface area contributed by atoms with E-state index in [9.17, 15) is 4.79 Å². The molecule has 0 amide bonds. The molecule has 2 aliphatic rings. The largest absolute Gasteiger partial charge is 0.459 e. The molecule has 0 radical (unpaired) electrons. The van der Waals surface area contributed by atoms with E-state index in [1.165, 1.54) is 45.2 Å². The molecule has 20 heavy (non-hydrogen) atoms. The molecule has 0 spiro atoms. The summed E-state index contributed by atoms with van der Waals surface area (Å²) in [5, 5.41) is 0. The number of nitrogens with zero attached hydrogens (tertiary/aromatic N) is 2. The molecule has 0 N–H and O–H groups in total. The fourth-order valence-electron chi connectivity index (χ4n) is 3.28. The van der Waals surface area contributed by atoms with Crippen LogP contribution in [0.1, 0.15) is 52.9 Å². The van der Waals surface area contributed by atoms with Crippen LogP contribution in [-0.4, -0.2) is 60.1 Å². The van der Waals surface area contributed by atoms with E-state index in [0.29, 0.717) is 6.54 Å². The zero-order chi connectivity index (χ0) is 14.6. The highest BCUT2D eigenvalue weighted by Crippen LogP contribution is 2.21. The van der Waals surface area contributed by atoms with Gasteiger partial charge in [0.05, 0.1) is 6.54 Å². The summed E-state index contributed by atoms with van der Waals surface area (Å²) in [5.74, 6) is -0.0890. The summed E-state index contributed by atoms with van der Waals surface area (Å²) in [6.45, 7) is 10.8. The van der Waals surface area contributed by atoms with Gasteiger partial charge in [0, 0.05) is 19.1 Å². The standard InChI is InChI=1S/C16H30N2O2/c1-16(2,3)20-15(19)13-17-11-7-14(8-12-17)18-9-5-4-6-10-18/h14H,4-13H2,1-3H3. The average Bonchev–Trinajstić information content (AvgIpc) is 2.38. The number of esters is 1. The van der Waals surface area contributed by atoms with Gasteiger partial charge in [-0.05, 0) is 59.5 Å². The van der Waals surface area contributed by atoms with E-state index in [1.807, 2.05) is 20.8 Å². The smallest absolute Gasteiger partial charge is 0.320 e. The Kier molecular flexibility index (Phi) is 5.44. The molecule has 2 heterocycles. The summed E-state index contributed by atoms with van der Waals surface area (Å²) >= 11 is 0. The zero-order valence-corrected chi connectivity index (χ0v) is 13.4. The Hall–Kier alpha value is -0.610. The van der Waals surface area contributed by atoms with E-state index in [1.54, 1.807) is 0 Å². The summed E-state index contributed by atoms with van der Waals surface area (Å²) in [5.41, 5.74) is -0.372. The molecule has 0 bridgehead atoms. The van der Waals surface area contributed by atoms with Crippen molar-refractivity contribution in [3.8, 4) is 0 Å². The Morgan fingerprint density at radius 1 is 1.05 bits per heavy atom. The van der Waals surface area contributed by atoms with Gasteiger partial charge in [0.1, 0.15) is 5.60 Å². The van der Waals surface area contributed by atoms with E-state index in [-0.39, 0.29) is 11.6 Å². The van der Waals surface area contributed by atoms with Crippen LogP contribution in [0.5, 0.6) is 0 Å². The zero-order valence-electron chi connectivity index (χ0n) is 13.4. The minimum Gasteiger partial charge on any atom is -0.459 e. The molecule has 2 saturated heterocycles. The van der Waals surface area contributed by atoms with Gasteiger partial charge in [-0.2, -0.15) is 0 Å². The topological polar surface area (TPSA) is 32.8 Å². The van der Waals surface area contributed by atoms with Crippen molar-refractivity contribution in [2.24, 2.45) is 0 Å². The number of ether oxygens (including phenoxy) is 1. The van der Waals surface area contributed by atoms with Crippen LogP contribution in [0.3, 0.4) is 0 Å². The fraction of sp³-hybridized carbons (Fsp3) is 0.938. The van der Waals surface area contributed by atoms with Gasteiger partial charge < -0.3 is 9.64 Å². The van der Waals surface area contributed by atoms with Gasteiger partial charge in [0.2, 0.25) is 0 Å². The number of carbonyl (C=O) groups is 1. The monoisotopic (exact) mass is 282 g/mol. The molecule has 4 heteroatoms. The van der Waals surface area contributed by atoms with Crippen molar-refractivity contribution < 1.29 is 9.53 Å². The molecule has 2 fully saturated rings. The molecule has 116 valence electrons. The van der Waals surface area contributed by atoms with Gasteiger partial charge in [0.15, 0.2) is 0 Å². The second-order valence-electron chi connectivity index (χ2n) is 7.19. The minimum atomic E-state index is -0.372. The third kappa shape index (κ3) is 5.06. The molecule has 0 saturated carbocycles. The summed E-state index contributed by atoms with van der Waals surface area (Å²) in [6, 6.07) is 0.741. The van der Waals surface area contributed by atoms with Crippen molar-refractivity contribution in [3.05, 3.63) is 0 Å². The lowest BCUT2D eigenvalue weighted by molar-refractivity contribution is -0.156. The second kappa shape index (κ2) is 6.90. The first-order chi connectivity index (χ1) is 9.44. The highest BCUT2D eigenvalue weighted by molar-refractivity contribution is 5.72. The van der Waals surface area contributed by atoms with Crippen molar-refractivity contribution >= 4 is 5.97 Å². The summed E-state index contributed by atoms with van der Waals surface area (Å²) < 4.78 is 5.39. The predicted molar refractivity (Wildman–Crippen MR) is 80.7 cm³/mol. The Morgan fingerprint density at radius 2 is 1.65 bits per heavy atom. The maximum Gasteiger partial charge on any atom is 0.320 e. The van der Waals surface area contributed by atoms with Crippen molar-refractivity contribution in [2.45, 2.75) is 64.5 Å². The van der Waals surface area contributed by atoms with Crippen LogP contribution in [0.2, 0.25) is 0 Å². The van der Waals surface area contributed by atoms with Gasteiger partial charge in [-0.3, -0.25) is 9.69 Å². The van der Waals surface area contributed by atoms with Crippen LogP contribution in [0.25, 0.3) is 0 Å². The van der Waals surface area contributed by atoms with Crippen LogP contribution in [-0.2, 0) is 9.53 Å². The Balaban J connectivity index is 1.70. The van der Waals surface area contributed by atoms with Crippen LogP contribution in [0.15, 0.2) is 0 Å². The molecule has 0 aromatic carbocycles. The third-order valence-corrected chi connectivity index (χ3v) is 4.24.